The Morgan fingerprint density at radius 1 is 0.536 bits per heavy atom. The highest BCUT2D eigenvalue weighted by Gasteiger charge is 2.23. The number of nitrogens with zero attached hydrogens (tertiary/aromatic N) is 3. The molecule has 0 saturated carbocycles. The third kappa shape index (κ3) is 5.78. The van der Waals surface area contributed by atoms with E-state index in [0.717, 1.165) is 72.9 Å². The van der Waals surface area contributed by atoms with E-state index < -0.39 is 0 Å². The molecule has 0 amide bonds. The molecule has 0 atom stereocenters. The van der Waals surface area contributed by atoms with Crippen molar-refractivity contribution in [1.29, 1.82) is 0 Å². The summed E-state index contributed by atoms with van der Waals surface area (Å²) in [7, 11) is 0. The Kier molecular flexibility index (Phi) is 8.00. The fourth-order valence-electron chi connectivity index (χ4n) is 8.07. The Bertz CT molecular complexity index is 2980. The number of ether oxygens (including phenoxy) is 1. The van der Waals surface area contributed by atoms with E-state index in [0.29, 0.717) is 0 Å². The molecule has 7 aromatic carbocycles. The van der Waals surface area contributed by atoms with Gasteiger partial charge in [0.2, 0.25) is 0 Å². The van der Waals surface area contributed by atoms with E-state index in [4.69, 9.17) is 9.72 Å². The largest absolute Gasteiger partial charge is 0.458 e. The highest BCUT2D eigenvalue weighted by molar-refractivity contribution is 6.10. The summed E-state index contributed by atoms with van der Waals surface area (Å²) in [4.78, 5) is 4.87. The molecule has 0 saturated heterocycles. The molecule has 0 unspecified atom stereocenters. The van der Waals surface area contributed by atoms with Crippen LogP contribution in [0.3, 0.4) is 0 Å². The Balaban J connectivity index is 1.12. The van der Waals surface area contributed by atoms with Crippen LogP contribution in [-0.2, 0) is 5.41 Å². The topological polar surface area (TPSA) is 30.1 Å². The van der Waals surface area contributed by atoms with Gasteiger partial charge in [0.05, 0.1) is 11.0 Å². The minimum Gasteiger partial charge on any atom is -0.458 e. The van der Waals surface area contributed by atoms with Crippen LogP contribution in [0.25, 0.3) is 61.0 Å². The molecule has 4 heteroatoms. The van der Waals surface area contributed by atoms with Crippen LogP contribution < -0.4 is 9.31 Å². The minimum atomic E-state index is -0.00775. The number of benzene rings is 7. The average Bonchev–Trinajstić information content (AvgIpc) is 3.56. The molecule has 4 nitrogen and oxygen atoms in total. The van der Waals surface area contributed by atoms with Crippen LogP contribution in [0.4, 0.5) is 11.4 Å². The molecule has 1 aliphatic rings. The molecule has 0 aliphatic carbocycles. The lowest BCUT2D eigenvalue weighted by atomic mass is 9.86. The lowest BCUT2D eigenvalue weighted by molar-refractivity contribution is 0.483. The average molecular weight is 722 g/mol. The van der Waals surface area contributed by atoms with Crippen molar-refractivity contribution < 1.29 is 4.74 Å². The second-order valence-corrected chi connectivity index (χ2v) is 15.4. The van der Waals surface area contributed by atoms with Crippen molar-refractivity contribution in [2.24, 2.45) is 0 Å². The summed E-state index contributed by atoms with van der Waals surface area (Å²) in [6.45, 7) is 6.71. The van der Waals surface area contributed by atoms with Crippen molar-refractivity contribution in [3.63, 3.8) is 0 Å². The van der Waals surface area contributed by atoms with Gasteiger partial charge in [0.25, 0.3) is 0 Å². The van der Waals surface area contributed by atoms with E-state index >= 15 is 0 Å². The van der Waals surface area contributed by atoms with Crippen molar-refractivity contribution in [2.45, 2.75) is 26.2 Å². The van der Waals surface area contributed by atoms with Crippen LogP contribution in [0.5, 0.6) is 11.5 Å². The first-order valence-corrected chi connectivity index (χ1v) is 19.1. The van der Waals surface area contributed by atoms with Crippen LogP contribution >= 0.6 is 0 Å². The maximum Gasteiger partial charge on any atom is 0.180 e. The van der Waals surface area contributed by atoms with Crippen LogP contribution in [0.1, 0.15) is 31.9 Å². The summed E-state index contributed by atoms with van der Waals surface area (Å²) >= 11 is 0. The predicted molar refractivity (Wildman–Crippen MR) is 232 cm³/mol. The Morgan fingerprint density at radius 2 is 1.20 bits per heavy atom. The molecule has 9 aromatic rings. The van der Waals surface area contributed by atoms with Gasteiger partial charge in [-0.25, -0.2) is 4.98 Å². The molecule has 10 rings (SSSR count). The Hall–Kier alpha value is -7.04. The monoisotopic (exact) mass is 721 g/mol. The second-order valence-electron chi connectivity index (χ2n) is 15.4. The van der Waals surface area contributed by atoms with Gasteiger partial charge in [0, 0.05) is 34.7 Å². The van der Waals surface area contributed by atoms with E-state index in [1.807, 2.05) is 12.3 Å². The summed E-state index contributed by atoms with van der Waals surface area (Å²) in [5, 5.41) is 2.33. The molecular formula is C52H39N3O. The van der Waals surface area contributed by atoms with Crippen molar-refractivity contribution >= 4 is 39.4 Å². The molecule has 3 heterocycles. The maximum atomic E-state index is 6.76. The van der Waals surface area contributed by atoms with Crippen LogP contribution in [0.2, 0.25) is 0 Å². The number of pyridine rings is 1. The zero-order valence-corrected chi connectivity index (χ0v) is 31.6. The van der Waals surface area contributed by atoms with Gasteiger partial charge < -0.3 is 4.74 Å². The first kappa shape index (κ1) is 33.5. The number of aromatic nitrogens is 2. The number of fused-ring (bicyclic) bond motifs is 8. The van der Waals surface area contributed by atoms with Gasteiger partial charge in [-0.3, -0.25) is 9.14 Å². The summed E-state index contributed by atoms with van der Waals surface area (Å²) in [5.74, 6) is 2.37. The SMILES string of the molecule is CC(C)(C)c1ccnc(-n2c3ccccc3c3ccc(Oc4cccc([N+]5=[C-]c6c(-c7ccccc7)cccc6-c6ccccc6-c6ccccc65)c4)cc32)c1. The minimum absolute atomic E-state index is 0.00775. The lowest BCUT2D eigenvalue weighted by Crippen LogP contribution is -2.12. The Morgan fingerprint density at radius 3 is 2.04 bits per heavy atom. The standard InChI is InChI=1S/C52H39N3O/c1-52(2,3)36-29-30-53-51(31-36)55-49-26-12-10-22-45(49)46-28-27-39(33-50(46)55)56-38-18-13-17-37(32-38)54-34-47-40(35-15-5-4-6-16-35)23-14-24-43(47)41-19-7-8-20-42(41)44-21-9-11-25-48(44)54/h4-33H,1-3H3. The summed E-state index contributed by atoms with van der Waals surface area (Å²) < 4.78 is 11.2. The first-order valence-electron chi connectivity index (χ1n) is 19.1. The second kappa shape index (κ2) is 13.4. The van der Waals surface area contributed by atoms with Crippen molar-refractivity contribution in [3.05, 3.63) is 193 Å². The number of hydrogen-bond acceptors (Lipinski definition) is 2. The Labute approximate surface area is 327 Å². The molecule has 0 fully saturated rings. The normalized spacial score (nSPS) is 12.3. The van der Waals surface area contributed by atoms with E-state index in [2.05, 4.69) is 206 Å². The predicted octanol–water partition coefficient (Wildman–Crippen LogP) is 13.4. The number of rotatable bonds is 5. The fraction of sp³-hybridized carbons (Fsp3) is 0.0769. The molecule has 0 spiro atoms. The lowest BCUT2D eigenvalue weighted by Gasteiger charge is -2.24. The molecule has 0 bridgehead atoms. The van der Waals surface area contributed by atoms with Gasteiger partial charge >= 0.3 is 0 Å². The fourth-order valence-corrected chi connectivity index (χ4v) is 8.07. The van der Waals surface area contributed by atoms with Crippen LogP contribution in [0.15, 0.2) is 182 Å². The molecule has 0 radical (unpaired) electrons. The van der Waals surface area contributed by atoms with E-state index in [9.17, 15) is 0 Å². The molecular weight excluding hydrogens is 683 g/mol. The van der Waals surface area contributed by atoms with Crippen LogP contribution in [0, 0.1) is 0 Å². The number of hydrogen-bond donors (Lipinski definition) is 0. The van der Waals surface area contributed by atoms with Crippen molar-refractivity contribution in [3.8, 4) is 50.7 Å². The van der Waals surface area contributed by atoms with Gasteiger partial charge in [0.1, 0.15) is 17.3 Å². The summed E-state index contributed by atoms with van der Waals surface area (Å²) in [6.07, 6.45) is 5.83. The molecule has 1 aliphatic heterocycles. The zero-order chi connectivity index (χ0) is 37.8. The van der Waals surface area contributed by atoms with Gasteiger partial charge in [-0.05, 0) is 76.2 Å². The summed E-state index contributed by atoms with van der Waals surface area (Å²) in [5.41, 5.74) is 13.3. The highest BCUT2D eigenvalue weighted by Crippen LogP contribution is 2.44. The van der Waals surface area contributed by atoms with Gasteiger partial charge in [-0.15, -0.1) is 0 Å². The molecule has 2 aromatic heterocycles. The quantitative estimate of drug-likeness (QED) is 0.131. The van der Waals surface area contributed by atoms with E-state index in [-0.39, 0.29) is 5.41 Å². The summed E-state index contributed by atoms with van der Waals surface area (Å²) in [6, 6.07) is 61.9. The van der Waals surface area contributed by atoms with Crippen molar-refractivity contribution in [2.75, 3.05) is 0 Å². The number of para-hydroxylation sites is 2. The zero-order valence-electron chi connectivity index (χ0n) is 31.6. The van der Waals surface area contributed by atoms with E-state index in [1.54, 1.807) is 0 Å². The molecule has 56 heavy (non-hydrogen) atoms. The van der Waals surface area contributed by atoms with Gasteiger partial charge in [0.15, 0.2) is 17.6 Å². The third-order valence-corrected chi connectivity index (χ3v) is 10.8. The molecule has 268 valence electrons. The maximum absolute atomic E-state index is 6.76. The van der Waals surface area contributed by atoms with Crippen molar-refractivity contribution in [1.82, 2.24) is 14.1 Å². The van der Waals surface area contributed by atoms with Gasteiger partial charge in [-0.2, -0.15) is 0 Å². The van der Waals surface area contributed by atoms with E-state index in [1.165, 1.54) is 22.1 Å². The molecule has 0 N–H and O–H groups in total. The smallest absolute Gasteiger partial charge is 0.180 e. The highest BCUT2D eigenvalue weighted by atomic mass is 16.5. The first-order chi connectivity index (χ1) is 27.4. The van der Waals surface area contributed by atoms with Gasteiger partial charge in [-0.1, -0.05) is 153 Å². The third-order valence-electron chi connectivity index (χ3n) is 10.8. The van der Waals surface area contributed by atoms with Crippen LogP contribution in [-0.4, -0.2) is 15.8 Å².